The number of aromatic nitrogens is 1. The van der Waals surface area contributed by atoms with Crippen LogP contribution >= 0.6 is 0 Å². The van der Waals surface area contributed by atoms with Crippen LogP contribution in [0.2, 0.25) is 0 Å². The number of benzene rings is 4. The van der Waals surface area contributed by atoms with E-state index in [4.69, 9.17) is 4.42 Å². The van der Waals surface area contributed by atoms with Crippen molar-refractivity contribution in [1.29, 1.82) is 0 Å². The summed E-state index contributed by atoms with van der Waals surface area (Å²) < 4.78 is 8.92. The first-order valence-electron chi connectivity index (χ1n) is 12.1. The SMILES string of the molecule is C=CC(=NC)c1ccc2c(c1)c1cc(C(C)(C)C)cc3c4c5oc6ccccc6c5ccc4n2c13. The molecular formula is C32H26N2O. The van der Waals surface area contributed by atoms with Gasteiger partial charge in [0.1, 0.15) is 11.2 Å². The van der Waals surface area contributed by atoms with Crippen LogP contribution < -0.4 is 0 Å². The molecule has 0 bridgehead atoms. The monoisotopic (exact) mass is 454 g/mol. The number of hydrogen-bond donors (Lipinski definition) is 0. The molecule has 0 spiro atoms. The van der Waals surface area contributed by atoms with Crippen LogP contribution in [0.4, 0.5) is 0 Å². The van der Waals surface area contributed by atoms with Gasteiger partial charge in [0.05, 0.1) is 27.6 Å². The van der Waals surface area contributed by atoms with Gasteiger partial charge in [-0.15, -0.1) is 0 Å². The van der Waals surface area contributed by atoms with Gasteiger partial charge < -0.3 is 8.82 Å². The highest BCUT2D eigenvalue weighted by molar-refractivity contribution is 6.30. The molecule has 0 unspecified atom stereocenters. The minimum atomic E-state index is 0.0123. The standard InChI is InChI=1S/C32H26N2O/c1-6-25(33-5)18-11-13-26-22(15-18)23-16-19(32(2,3)4)17-24-29-27(34(26)30(23)24)14-12-21-20-9-7-8-10-28(20)35-31(21)29/h6-17H,1H2,2-5H3. The zero-order valence-corrected chi connectivity index (χ0v) is 20.4. The van der Waals surface area contributed by atoms with Crippen LogP contribution in [0.3, 0.4) is 0 Å². The van der Waals surface area contributed by atoms with Crippen molar-refractivity contribution in [2.24, 2.45) is 4.99 Å². The van der Waals surface area contributed by atoms with Gasteiger partial charge >= 0.3 is 0 Å². The number of hydrogen-bond acceptors (Lipinski definition) is 2. The summed E-state index contributed by atoms with van der Waals surface area (Å²) in [5, 5.41) is 7.28. The molecule has 7 rings (SSSR count). The third-order valence-corrected chi connectivity index (χ3v) is 7.49. The fourth-order valence-electron chi connectivity index (χ4n) is 5.74. The zero-order valence-electron chi connectivity index (χ0n) is 20.4. The summed E-state index contributed by atoms with van der Waals surface area (Å²) in [5.74, 6) is 0. The third kappa shape index (κ3) is 2.58. The van der Waals surface area contributed by atoms with E-state index in [0.717, 1.165) is 27.8 Å². The summed E-state index contributed by atoms with van der Waals surface area (Å²) in [5.41, 5.74) is 8.85. The summed E-state index contributed by atoms with van der Waals surface area (Å²) in [6.45, 7) is 10.8. The molecule has 0 amide bonds. The first-order chi connectivity index (χ1) is 16.9. The van der Waals surface area contributed by atoms with E-state index < -0.39 is 0 Å². The van der Waals surface area contributed by atoms with Crippen molar-refractivity contribution in [3.63, 3.8) is 0 Å². The van der Waals surface area contributed by atoms with Gasteiger partial charge in [-0.05, 0) is 59.5 Å². The molecule has 0 atom stereocenters. The second kappa shape index (κ2) is 6.73. The van der Waals surface area contributed by atoms with E-state index in [-0.39, 0.29) is 5.41 Å². The lowest BCUT2D eigenvalue weighted by Gasteiger charge is -2.19. The molecule has 3 heteroatoms. The van der Waals surface area contributed by atoms with Crippen molar-refractivity contribution < 1.29 is 4.42 Å². The van der Waals surface area contributed by atoms with Gasteiger partial charge in [0.25, 0.3) is 0 Å². The number of fused-ring (bicyclic) bond motifs is 10. The van der Waals surface area contributed by atoms with E-state index >= 15 is 0 Å². The maximum absolute atomic E-state index is 6.50. The van der Waals surface area contributed by atoms with Gasteiger partial charge in [0, 0.05) is 39.5 Å². The Morgan fingerprint density at radius 3 is 2.40 bits per heavy atom. The Balaban J connectivity index is 1.74. The molecule has 3 aromatic heterocycles. The Labute approximate surface area is 203 Å². The quantitative estimate of drug-likeness (QED) is 0.240. The van der Waals surface area contributed by atoms with E-state index in [1.165, 1.54) is 49.0 Å². The molecule has 0 aliphatic carbocycles. The van der Waals surface area contributed by atoms with Crippen LogP contribution in [0.25, 0.3) is 60.0 Å². The van der Waals surface area contributed by atoms with Crippen molar-refractivity contribution >= 4 is 65.7 Å². The van der Waals surface area contributed by atoms with E-state index in [2.05, 4.69) is 97.4 Å². The Hall–Kier alpha value is -4.11. The molecule has 0 radical (unpaired) electrons. The number of aliphatic imine (C=N–C) groups is 1. The molecule has 3 heterocycles. The number of nitrogens with zero attached hydrogens (tertiary/aromatic N) is 2. The highest BCUT2D eigenvalue weighted by Gasteiger charge is 2.24. The van der Waals surface area contributed by atoms with Gasteiger partial charge in [-0.3, -0.25) is 4.99 Å². The van der Waals surface area contributed by atoms with Crippen molar-refractivity contribution in [3.8, 4) is 0 Å². The predicted molar refractivity (Wildman–Crippen MR) is 150 cm³/mol. The lowest BCUT2D eigenvalue weighted by Crippen LogP contribution is -2.10. The second-order valence-corrected chi connectivity index (χ2v) is 10.5. The lowest BCUT2D eigenvalue weighted by molar-refractivity contribution is 0.592. The van der Waals surface area contributed by atoms with Crippen molar-refractivity contribution in [2.45, 2.75) is 26.2 Å². The average molecular weight is 455 g/mol. The molecule has 7 aromatic rings. The minimum absolute atomic E-state index is 0.0123. The van der Waals surface area contributed by atoms with Gasteiger partial charge in [0.2, 0.25) is 0 Å². The molecule has 0 aliphatic rings. The second-order valence-electron chi connectivity index (χ2n) is 10.5. The molecule has 0 saturated carbocycles. The fourth-order valence-corrected chi connectivity index (χ4v) is 5.74. The normalized spacial score (nSPS) is 13.4. The fraction of sp³-hybridized carbons (Fsp3) is 0.156. The van der Waals surface area contributed by atoms with Crippen LogP contribution in [-0.2, 0) is 5.41 Å². The Kier molecular flexibility index (Phi) is 3.90. The van der Waals surface area contributed by atoms with E-state index in [0.29, 0.717) is 0 Å². The first kappa shape index (κ1) is 20.3. The van der Waals surface area contributed by atoms with E-state index in [1.807, 2.05) is 19.2 Å². The molecule has 3 nitrogen and oxygen atoms in total. The van der Waals surface area contributed by atoms with Gasteiger partial charge in [-0.25, -0.2) is 0 Å². The topological polar surface area (TPSA) is 29.9 Å². The first-order valence-corrected chi connectivity index (χ1v) is 12.1. The van der Waals surface area contributed by atoms with Crippen molar-refractivity contribution in [2.75, 3.05) is 7.05 Å². The molecule has 170 valence electrons. The molecule has 0 aliphatic heterocycles. The largest absolute Gasteiger partial charge is 0.455 e. The van der Waals surface area contributed by atoms with E-state index in [1.54, 1.807) is 0 Å². The van der Waals surface area contributed by atoms with Crippen LogP contribution in [0, 0.1) is 0 Å². The Bertz CT molecular complexity index is 2010. The average Bonchev–Trinajstić information content (AvgIpc) is 3.49. The molecule has 0 fully saturated rings. The minimum Gasteiger partial charge on any atom is -0.455 e. The maximum Gasteiger partial charge on any atom is 0.145 e. The molecule has 35 heavy (non-hydrogen) atoms. The van der Waals surface area contributed by atoms with Crippen LogP contribution in [-0.4, -0.2) is 17.2 Å². The summed E-state index contributed by atoms with van der Waals surface area (Å²) >= 11 is 0. The lowest BCUT2D eigenvalue weighted by atomic mass is 9.85. The molecule has 0 saturated heterocycles. The highest BCUT2D eigenvalue weighted by atomic mass is 16.3. The summed E-state index contributed by atoms with van der Waals surface area (Å²) in [6.07, 6.45) is 1.83. The highest BCUT2D eigenvalue weighted by Crippen LogP contribution is 2.45. The maximum atomic E-state index is 6.50. The summed E-state index contributed by atoms with van der Waals surface area (Å²) in [7, 11) is 1.82. The number of rotatable bonds is 2. The van der Waals surface area contributed by atoms with Gasteiger partial charge in [-0.1, -0.05) is 51.6 Å². The molecular weight excluding hydrogens is 428 g/mol. The van der Waals surface area contributed by atoms with Crippen LogP contribution in [0.15, 0.2) is 88.8 Å². The van der Waals surface area contributed by atoms with Crippen molar-refractivity contribution in [1.82, 2.24) is 4.40 Å². The summed E-state index contributed by atoms with van der Waals surface area (Å²) in [6, 6.07) is 24.2. The number of para-hydroxylation sites is 1. The summed E-state index contributed by atoms with van der Waals surface area (Å²) in [4.78, 5) is 4.43. The molecule has 4 aromatic carbocycles. The van der Waals surface area contributed by atoms with Crippen LogP contribution in [0.1, 0.15) is 31.9 Å². The number of allylic oxidation sites excluding steroid dienone is 1. The Morgan fingerprint density at radius 2 is 1.63 bits per heavy atom. The smallest absolute Gasteiger partial charge is 0.145 e. The van der Waals surface area contributed by atoms with E-state index in [9.17, 15) is 0 Å². The Morgan fingerprint density at radius 1 is 0.857 bits per heavy atom. The predicted octanol–water partition coefficient (Wildman–Crippen LogP) is 8.64. The molecule has 0 N–H and O–H groups in total. The number of furan rings is 1. The van der Waals surface area contributed by atoms with Crippen LogP contribution in [0.5, 0.6) is 0 Å². The zero-order chi connectivity index (χ0) is 24.1. The van der Waals surface area contributed by atoms with Gasteiger partial charge in [0.15, 0.2) is 0 Å². The third-order valence-electron chi connectivity index (χ3n) is 7.49. The van der Waals surface area contributed by atoms with Crippen molar-refractivity contribution in [3.05, 3.63) is 90.5 Å². The van der Waals surface area contributed by atoms with Gasteiger partial charge in [-0.2, -0.15) is 0 Å².